The summed E-state index contributed by atoms with van der Waals surface area (Å²) >= 11 is 0. The maximum atomic E-state index is 5.26. The van der Waals surface area contributed by atoms with Gasteiger partial charge < -0.3 is 14.4 Å². The Morgan fingerprint density at radius 1 is 1.26 bits per heavy atom. The van der Waals surface area contributed by atoms with Gasteiger partial charge in [0.25, 0.3) is 5.89 Å². The first-order valence-electron chi connectivity index (χ1n) is 6.60. The number of nitrogens with zero attached hydrogens (tertiary/aromatic N) is 3. The van der Waals surface area contributed by atoms with Crippen molar-refractivity contribution in [3.05, 3.63) is 17.6 Å². The Kier molecular flexibility index (Phi) is 4.31. The SMILES string of the molecule is CCC(C)c1cc(-c2nc(CC(C)NC)no2)on1. The highest BCUT2D eigenvalue weighted by Crippen LogP contribution is 2.24. The molecule has 1 N–H and O–H groups in total. The van der Waals surface area contributed by atoms with Gasteiger partial charge in [-0.05, 0) is 20.4 Å². The minimum atomic E-state index is 0.302. The van der Waals surface area contributed by atoms with Crippen molar-refractivity contribution in [3.8, 4) is 11.7 Å². The number of aromatic nitrogens is 3. The van der Waals surface area contributed by atoms with E-state index in [0.29, 0.717) is 35.9 Å². The van der Waals surface area contributed by atoms with E-state index in [-0.39, 0.29) is 0 Å². The molecule has 0 aliphatic rings. The maximum absolute atomic E-state index is 5.26. The molecule has 0 bridgehead atoms. The number of hydrogen-bond acceptors (Lipinski definition) is 6. The van der Waals surface area contributed by atoms with Crippen LogP contribution in [0.4, 0.5) is 0 Å². The normalized spacial score (nSPS) is 14.5. The van der Waals surface area contributed by atoms with Gasteiger partial charge in [0.05, 0.1) is 5.69 Å². The van der Waals surface area contributed by atoms with Crippen molar-refractivity contribution >= 4 is 0 Å². The summed E-state index contributed by atoms with van der Waals surface area (Å²) in [5.41, 5.74) is 0.917. The summed E-state index contributed by atoms with van der Waals surface area (Å²) in [6.45, 7) is 6.28. The Morgan fingerprint density at radius 3 is 2.74 bits per heavy atom. The molecule has 0 aliphatic carbocycles. The number of likely N-dealkylation sites (N-methyl/N-ethyl adjacent to an activating group) is 1. The Hall–Kier alpha value is -1.69. The molecule has 0 fully saturated rings. The highest BCUT2D eigenvalue weighted by Gasteiger charge is 2.17. The molecule has 0 saturated heterocycles. The molecule has 0 spiro atoms. The summed E-state index contributed by atoms with van der Waals surface area (Å²) < 4.78 is 10.5. The number of nitrogens with one attached hydrogen (secondary N) is 1. The van der Waals surface area contributed by atoms with Gasteiger partial charge in [-0.25, -0.2) is 0 Å². The second-order valence-electron chi connectivity index (χ2n) is 4.83. The average Bonchev–Trinajstić information content (AvgIpc) is 3.05. The lowest BCUT2D eigenvalue weighted by Gasteiger charge is -2.04. The fraction of sp³-hybridized carbons (Fsp3) is 0.615. The molecule has 6 nitrogen and oxygen atoms in total. The molecule has 2 heterocycles. The summed E-state index contributed by atoms with van der Waals surface area (Å²) in [7, 11) is 1.90. The molecule has 2 atom stereocenters. The predicted molar refractivity (Wildman–Crippen MR) is 70.7 cm³/mol. The number of rotatable bonds is 6. The first kappa shape index (κ1) is 13.7. The Labute approximate surface area is 112 Å². The minimum Gasteiger partial charge on any atom is -0.351 e. The summed E-state index contributed by atoms with van der Waals surface area (Å²) in [6.07, 6.45) is 1.73. The lowest BCUT2D eigenvalue weighted by atomic mass is 10.1. The molecule has 0 radical (unpaired) electrons. The lowest BCUT2D eigenvalue weighted by molar-refractivity contribution is 0.375. The highest BCUT2D eigenvalue weighted by atomic mass is 16.5. The van der Waals surface area contributed by atoms with Crippen LogP contribution < -0.4 is 5.32 Å². The van der Waals surface area contributed by atoms with Crippen LogP contribution in [0.25, 0.3) is 11.7 Å². The molecule has 2 aromatic heterocycles. The van der Waals surface area contributed by atoms with Crippen molar-refractivity contribution in [1.82, 2.24) is 20.6 Å². The smallest absolute Gasteiger partial charge is 0.296 e. The third-order valence-corrected chi connectivity index (χ3v) is 3.31. The van der Waals surface area contributed by atoms with Crippen molar-refractivity contribution in [2.24, 2.45) is 0 Å². The molecule has 6 heteroatoms. The van der Waals surface area contributed by atoms with Crippen LogP contribution in [-0.4, -0.2) is 28.4 Å². The van der Waals surface area contributed by atoms with Crippen LogP contribution in [0.5, 0.6) is 0 Å². The van der Waals surface area contributed by atoms with Crippen LogP contribution in [-0.2, 0) is 6.42 Å². The molecule has 0 aromatic carbocycles. The largest absolute Gasteiger partial charge is 0.351 e. The van der Waals surface area contributed by atoms with Gasteiger partial charge in [-0.3, -0.25) is 0 Å². The van der Waals surface area contributed by atoms with Crippen molar-refractivity contribution in [3.63, 3.8) is 0 Å². The van der Waals surface area contributed by atoms with E-state index in [1.807, 2.05) is 13.1 Å². The van der Waals surface area contributed by atoms with Crippen molar-refractivity contribution in [1.29, 1.82) is 0 Å². The molecule has 2 aromatic rings. The number of hydrogen-bond donors (Lipinski definition) is 1. The summed E-state index contributed by atoms with van der Waals surface area (Å²) in [6, 6.07) is 2.17. The fourth-order valence-electron chi connectivity index (χ4n) is 1.64. The Balaban J connectivity index is 2.12. The second-order valence-corrected chi connectivity index (χ2v) is 4.83. The van der Waals surface area contributed by atoms with E-state index in [2.05, 4.69) is 41.4 Å². The molecule has 0 saturated carbocycles. The van der Waals surface area contributed by atoms with Crippen LogP contribution in [0.1, 0.15) is 44.6 Å². The van der Waals surface area contributed by atoms with E-state index in [0.717, 1.165) is 12.1 Å². The zero-order chi connectivity index (χ0) is 13.8. The van der Waals surface area contributed by atoms with Gasteiger partial charge in [0.2, 0.25) is 5.76 Å². The topological polar surface area (TPSA) is 77.0 Å². The van der Waals surface area contributed by atoms with Gasteiger partial charge in [0.15, 0.2) is 5.82 Å². The summed E-state index contributed by atoms with van der Waals surface area (Å²) in [5.74, 6) is 1.95. The van der Waals surface area contributed by atoms with Crippen molar-refractivity contribution in [2.45, 2.75) is 45.6 Å². The molecule has 19 heavy (non-hydrogen) atoms. The zero-order valence-corrected chi connectivity index (χ0v) is 11.8. The third-order valence-electron chi connectivity index (χ3n) is 3.31. The quantitative estimate of drug-likeness (QED) is 0.863. The highest BCUT2D eigenvalue weighted by molar-refractivity contribution is 5.44. The Bertz CT molecular complexity index is 520. The van der Waals surface area contributed by atoms with Crippen LogP contribution in [0, 0.1) is 0 Å². The predicted octanol–water partition coefficient (Wildman–Crippen LogP) is 2.39. The van der Waals surface area contributed by atoms with Gasteiger partial charge in [-0.15, -0.1) is 0 Å². The zero-order valence-electron chi connectivity index (χ0n) is 11.8. The molecule has 2 unspecified atom stereocenters. The monoisotopic (exact) mass is 264 g/mol. The van der Waals surface area contributed by atoms with Crippen LogP contribution in [0.3, 0.4) is 0 Å². The maximum Gasteiger partial charge on any atom is 0.296 e. The van der Waals surface area contributed by atoms with Crippen molar-refractivity contribution < 1.29 is 9.05 Å². The van der Waals surface area contributed by atoms with Gasteiger partial charge in [-0.2, -0.15) is 4.98 Å². The Morgan fingerprint density at radius 2 is 2.05 bits per heavy atom. The van der Waals surface area contributed by atoms with E-state index in [1.54, 1.807) is 0 Å². The van der Waals surface area contributed by atoms with E-state index in [1.165, 1.54) is 0 Å². The molecule has 0 aliphatic heterocycles. The summed E-state index contributed by atoms with van der Waals surface area (Å²) in [5, 5.41) is 11.1. The average molecular weight is 264 g/mol. The van der Waals surface area contributed by atoms with Crippen LogP contribution in [0.15, 0.2) is 15.1 Å². The first-order chi connectivity index (χ1) is 9.13. The van der Waals surface area contributed by atoms with E-state index in [9.17, 15) is 0 Å². The van der Waals surface area contributed by atoms with Gasteiger partial charge >= 0.3 is 0 Å². The van der Waals surface area contributed by atoms with E-state index >= 15 is 0 Å². The molecule has 104 valence electrons. The van der Waals surface area contributed by atoms with Gasteiger partial charge in [0.1, 0.15) is 0 Å². The first-order valence-corrected chi connectivity index (χ1v) is 6.60. The second kappa shape index (κ2) is 5.97. The van der Waals surface area contributed by atoms with Gasteiger partial charge in [0, 0.05) is 24.4 Å². The molecule has 0 amide bonds. The lowest BCUT2D eigenvalue weighted by Crippen LogP contribution is -2.24. The van der Waals surface area contributed by atoms with Gasteiger partial charge in [-0.1, -0.05) is 24.2 Å². The van der Waals surface area contributed by atoms with Crippen LogP contribution in [0.2, 0.25) is 0 Å². The van der Waals surface area contributed by atoms with Crippen LogP contribution >= 0.6 is 0 Å². The molecular weight excluding hydrogens is 244 g/mol. The standard InChI is InChI=1S/C13H20N4O2/c1-5-8(2)10-7-11(18-16-10)13-15-12(17-19-13)6-9(3)14-4/h7-9,14H,5-6H2,1-4H3. The summed E-state index contributed by atoms with van der Waals surface area (Å²) in [4.78, 5) is 4.32. The van der Waals surface area contributed by atoms with E-state index < -0.39 is 0 Å². The van der Waals surface area contributed by atoms with Crippen molar-refractivity contribution in [2.75, 3.05) is 7.05 Å². The molecule has 2 rings (SSSR count). The van der Waals surface area contributed by atoms with E-state index in [4.69, 9.17) is 9.05 Å². The molecular formula is C13H20N4O2. The fourth-order valence-corrected chi connectivity index (χ4v) is 1.64. The third kappa shape index (κ3) is 3.20. The minimum absolute atomic E-state index is 0.302.